The van der Waals surface area contributed by atoms with Crippen molar-refractivity contribution in [2.45, 2.75) is 0 Å². The molecule has 18 heavy (non-hydrogen) atoms. The minimum absolute atomic E-state index is 0.180. The van der Waals surface area contributed by atoms with Crippen molar-refractivity contribution in [2.75, 3.05) is 0 Å². The standard InChI is InChI=1S/C14H9BrN2O/c15-13-9-5-1-3-7-11(9)16-14(17-13)10-6-2-4-8-12(10)18/h1-8,18H. The molecular formula is C14H9BrN2O. The number of phenolic OH excluding ortho intramolecular Hbond substituents is 1. The van der Waals surface area contributed by atoms with Gasteiger partial charge in [-0.3, -0.25) is 0 Å². The summed E-state index contributed by atoms with van der Waals surface area (Å²) in [4.78, 5) is 8.84. The fourth-order valence-electron chi connectivity index (χ4n) is 1.82. The van der Waals surface area contributed by atoms with Crippen LogP contribution in [0.25, 0.3) is 22.3 Å². The molecule has 1 N–H and O–H groups in total. The lowest BCUT2D eigenvalue weighted by atomic mass is 10.1. The highest BCUT2D eigenvalue weighted by atomic mass is 79.9. The lowest BCUT2D eigenvalue weighted by molar-refractivity contribution is 0.477. The van der Waals surface area contributed by atoms with Crippen molar-refractivity contribution >= 4 is 26.8 Å². The first kappa shape index (κ1) is 11.2. The van der Waals surface area contributed by atoms with Gasteiger partial charge in [-0.2, -0.15) is 0 Å². The van der Waals surface area contributed by atoms with E-state index in [1.54, 1.807) is 18.2 Å². The predicted octanol–water partition coefficient (Wildman–Crippen LogP) is 3.76. The highest BCUT2D eigenvalue weighted by Gasteiger charge is 2.09. The maximum atomic E-state index is 9.83. The van der Waals surface area contributed by atoms with Gasteiger partial charge in [0.25, 0.3) is 0 Å². The first-order valence-corrected chi connectivity index (χ1v) is 6.25. The van der Waals surface area contributed by atoms with Gasteiger partial charge in [-0.1, -0.05) is 30.3 Å². The maximum Gasteiger partial charge on any atom is 0.164 e. The Morgan fingerprint density at radius 3 is 2.44 bits per heavy atom. The number of aromatic nitrogens is 2. The summed E-state index contributed by atoms with van der Waals surface area (Å²) in [5, 5.41) is 10.8. The van der Waals surface area contributed by atoms with E-state index in [1.165, 1.54) is 0 Å². The Balaban J connectivity index is 2.28. The lowest BCUT2D eigenvalue weighted by Crippen LogP contribution is -1.92. The largest absolute Gasteiger partial charge is 0.507 e. The number of phenols is 1. The molecule has 4 heteroatoms. The van der Waals surface area contributed by atoms with E-state index >= 15 is 0 Å². The summed E-state index contributed by atoms with van der Waals surface area (Å²) in [5.41, 5.74) is 1.47. The van der Waals surface area contributed by atoms with Crippen LogP contribution in [0, 0.1) is 0 Å². The zero-order valence-corrected chi connectivity index (χ0v) is 10.9. The Bertz CT molecular complexity index is 728. The fraction of sp³-hybridized carbons (Fsp3) is 0. The second-order valence-corrected chi connectivity index (χ2v) is 4.62. The second kappa shape index (κ2) is 4.38. The predicted molar refractivity (Wildman–Crippen MR) is 74.3 cm³/mol. The van der Waals surface area contributed by atoms with Gasteiger partial charge in [0.15, 0.2) is 5.82 Å². The van der Waals surface area contributed by atoms with Crippen LogP contribution in [0.2, 0.25) is 0 Å². The van der Waals surface area contributed by atoms with Crippen molar-refractivity contribution in [2.24, 2.45) is 0 Å². The molecule has 1 aromatic heterocycles. The minimum atomic E-state index is 0.180. The summed E-state index contributed by atoms with van der Waals surface area (Å²) in [6.07, 6.45) is 0. The topological polar surface area (TPSA) is 46.0 Å². The molecule has 0 aliphatic heterocycles. The lowest BCUT2D eigenvalue weighted by Gasteiger charge is -2.06. The van der Waals surface area contributed by atoms with E-state index in [0.717, 1.165) is 15.5 Å². The maximum absolute atomic E-state index is 9.83. The van der Waals surface area contributed by atoms with Crippen LogP contribution in [-0.2, 0) is 0 Å². The van der Waals surface area contributed by atoms with Crippen LogP contribution in [-0.4, -0.2) is 15.1 Å². The fourth-order valence-corrected chi connectivity index (χ4v) is 2.32. The summed E-state index contributed by atoms with van der Waals surface area (Å²) >= 11 is 3.44. The third-order valence-corrected chi connectivity index (χ3v) is 3.31. The van der Waals surface area contributed by atoms with Gasteiger partial charge < -0.3 is 5.11 Å². The number of nitrogens with zero attached hydrogens (tertiary/aromatic N) is 2. The molecule has 1 heterocycles. The highest BCUT2D eigenvalue weighted by Crippen LogP contribution is 2.29. The smallest absolute Gasteiger partial charge is 0.164 e. The number of halogens is 1. The molecule has 0 radical (unpaired) electrons. The Kier molecular flexibility index (Phi) is 2.72. The molecule has 0 aliphatic rings. The van der Waals surface area contributed by atoms with Crippen molar-refractivity contribution in [3.63, 3.8) is 0 Å². The van der Waals surface area contributed by atoms with E-state index in [9.17, 15) is 5.11 Å². The monoisotopic (exact) mass is 300 g/mol. The van der Waals surface area contributed by atoms with E-state index in [-0.39, 0.29) is 5.75 Å². The number of fused-ring (bicyclic) bond motifs is 1. The van der Waals surface area contributed by atoms with E-state index in [4.69, 9.17) is 0 Å². The highest BCUT2D eigenvalue weighted by molar-refractivity contribution is 9.10. The molecule has 3 rings (SSSR count). The number of para-hydroxylation sites is 2. The average Bonchev–Trinajstić information content (AvgIpc) is 2.39. The SMILES string of the molecule is Oc1ccccc1-c1nc(Br)c2ccccc2n1. The third kappa shape index (κ3) is 1.84. The van der Waals surface area contributed by atoms with Crippen molar-refractivity contribution < 1.29 is 5.11 Å². The molecule has 0 saturated heterocycles. The van der Waals surface area contributed by atoms with Crippen LogP contribution in [0.15, 0.2) is 53.1 Å². The molecule has 0 unspecified atom stereocenters. The van der Waals surface area contributed by atoms with Gasteiger partial charge in [0.2, 0.25) is 0 Å². The average molecular weight is 301 g/mol. The molecule has 0 atom stereocenters. The molecule has 0 amide bonds. The van der Waals surface area contributed by atoms with Crippen LogP contribution < -0.4 is 0 Å². The summed E-state index contributed by atoms with van der Waals surface area (Å²) in [6.45, 7) is 0. The minimum Gasteiger partial charge on any atom is -0.507 e. The Morgan fingerprint density at radius 1 is 0.889 bits per heavy atom. The quantitative estimate of drug-likeness (QED) is 0.696. The summed E-state index contributed by atoms with van der Waals surface area (Å²) in [5.74, 6) is 0.693. The number of hydrogen-bond acceptors (Lipinski definition) is 3. The van der Waals surface area contributed by atoms with Crippen LogP contribution >= 0.6 is 15.9 Å². The Morgan fingerprint density at radius 2 is 1.61 bits per heavy atom. The summed E-state index contributed by atoms with van der Waals surface area (Å²) in [7, 11) is 0. The molecule has 0 spiro atoms. The van der Waals surface area contributed by atoms with Crippen LogP contribution in [0.4, 0.5) is 0 Å². The Hall–Kier alpha value is -1.94. The third-order valence-electron chi connectivity index (χ3n) is 2.70. The molecule has 3 aromatic rings. The molecule has 0 bridgehead atoms. The first-order chi connectivity index (χ1) is 8.75. The van der Waals surface area contributed by atoms with Crippen molar-refractivity contribution in [1.82, 2.24) is 9.97 Å². The van der Waals surface area contributed by atoms with Gasteiger partial charge in [-0.05, 0) is 34.1 Å². The second-order valence-electron chi connectivity index (χ2n) is 3.87. The zero-order valence-electron chi connectivity index (χ0n) is 9.34. The van der Waals surface area contributed by atoms with Gasteiger partial charge >= 0.3 is 0 Å². The van der Waals surface area contributed by atoms with Crippen LogP contribution in [0.1, 0.15) is 0 Å². The summed E-state index contributed by atoms with van der Waals surface area (Å²) in [6, 6.07) is 14.8. The van der Waals surface area contributed by atoms with Gasteiger partial charge in [0.05, 0.1) is 11.1 Å². The van der Waals surface area contributed by atoms with Gasteiger partial charge in [-0.15, -0.1) is 0 Å². The first-order valence-electron chi connectivity index (χ1n) is 5.46. The molecule has 0 saturated carbocycles. The van der Waals surface area contributed by atoms with Crippen molar-refractivity contribution in [1.29, 1.82) is 0 Å². The summed E-state index contributed by atoms with van der Waals surface area (Å²) < 4.78 is 0.728. The number of aromatic hydroxyl groups is 1. The molecule has 88 valence electrons. The van der Waals surface area contributed by atoms with Crippen LogP contribution in [0.5, 0.6) is 5.75 Å². The molecule has 3 nitrogen and oxygen atoms in total. The van der Waals surface area contributed by atoms with Gasteiger partial charge in [-0.25, -0.2) is 9.97 Å². The van der Waals surface area contributed by atoms with E-state index in [2.05, 4.69) is 25.9 Å². The zero-order chi connectivity index (χ0) is 12.5. The van der Waals surface area contributed by atoms with Gasteiger partial charge in [0, 0.05) is 5.39 Å². The Labute approximate surface area is 112 Å². The molecule has 2 aromatic carbocycles. The van der Waals surface area contributed by atoms with E-state index in [1.807, 2.05) is 30.3 Å². The number of hydrogen-bond donors (Lipinski definition) is 1. The molecule has 0 fully saturated rings. The normalized spacial score (nSPS) is 10.7. The van der Waals surface area contributed by atoms with Crippen molar-refractivity contribution in [3.05, 3.63) is 53.1 Å². The van der Waals surface area contributed by atoms with Gasteiger partial charge in [0.1, 0.15) is 10.4 Å². The molecular weight excluding hydrogens is 292 g/mol. The van der Waals surface area contributed by atoms with E-state index in [0.29, 0.717) is 11.4 Å². The van der Waals surface area contributed by atoms with E-state index < -0.39 is 0 Å². The number of benzene rings is 2. The number of rotatable bonds is 1. The van der Waals surface area contributed by atoms with Crippen molar-refractivity contribution in [3.8, 4) is 17.1 Å². The van der Waals surface area contributed by atoms with Crippen LogP contribution in [0.3, 0.4) is 0 Å². The molecule has 0 aliphatic carbocycles.